The molecule has 0 radical (unpaired) electrons. The van der Waals surface area contributed by atoms with Gasteiger partial charge in [0.1, 0.15) is 0 Å². The standard InChI is InChI=1S/C11H16N4/c1-9(8-11(2,3)14-15-12)10-6-4-5-7-13-10/h4-7,9H,8H2,1-3H3. The van der Waals surface area contributed by atoms with E-state index in [-0.39, 0.29) is 5.54 Å². The van der Waals surface area contributed by atoms with Gasteiger partial charge in [-0.3, -0.25) is 4.98 Å². The summed E-state index contributed by atoms with van der Waals surface area (Å²) in [5, 5.41) is 3.77. The Morgan fingerprint density at radius 2 is 2.27 bits per heavy atom. The van der Waals surface area contributed by atoms with Crippen LogP contribution in [0.15, 0.2) is 29.5 Å². The van der Waals surface area contributed by atoms with E-state index in [1.54, 1.807) is 6.20 Å². The van der Waals surface area contributed by atoms with Crippen molar-refractivity contribution >= 4 is 0 Å². The van der Waals surface area contributed by atoms with Crippen molar-refractivity contribution in [2.45, 2.75) is 38.6 Å². The van der Waals surface area contributed by atoms with Crippen LogP contribution >= 0.6 is 0 Å². The summed E-state index contributed by atoms with van der Waals surface area (Å²) in [6, 6.07) is 5.87. The number of rotatable bonds is 4. The number of hydrogen-bond donors (Lipinski definition) is 0. The maximum atomic E-state index is 8.43. The molecule has 0 spiro atoms. The van der Waals surface area contributed by atoms with Crippen LogP contribution in [0, 0.1) is 0 Å². The maximum Gasteiger partial charge on any atom is 0.0438 e. The summed E-state index contributed by atoms with van der Waals surface area (Å²) in [5.41, 5.74) is 9.11. The van der Waals surface area contributed by atoms with Crippen LogP contribution in [-0.2, 0) is 0 Å². The van der Waals surface area contributed by atoms with E-state index in [4.69, 9.17) is 5.53 Å². The SMILES string of the molecule is CC(CC(C)(C)N=[N+]=[N-])c1ccccn1. The van der Waals surface area contributed by atoms with Crippen molar-refractivity contribution < 1.29 is 0 Å². The second-order valence-electron chi connectivity index (χ2n) is 4.36. The monoisotopic (exact) mass is 204 g/mol. The van der Waals surface area contributed by atoms with Crippen LogP contribution in [0.25, 0.3) is 10.4 Å². The van der Waals surface area contributed by atoms with E-state index in [2.05, 4.69) is 21.9 Å². The molecule has 1 aromatic heterocycles. The van der Waals surface area contributed by atoms with Gasteiger partial charge in [0, 0.05) is 22.3 Å². The molecule has 0 aliphatic heterocycles. The van der Waals surface area contributed by atoms with Gasteiger partial charge in [0.25, 0.3) is 0 Å². The molecule has 0 saturated heterocycles. The fourth-order valence-electron chi connectivity index (χ4n) is 1.68. The molecule has 1 atom stereocenters. The van der Waals surface area contributed by atoms with E-state index in [9.17, 15) is 0 Å². The number of pyridine rings is 1. The molecule has 0 aromatic carbocycles. The van der Waals surface area contributed by atoms with Gasteiger partial charge in [-0.15, -0.1) is 0 Å². The minimum Gasteiger partial charge on any atom is -0.261 e. The zero-order valence-electron chi connectivity index (χ0n) is 9.38. The molecule has 1 aromatic rings. The third kappa shape index (κ3) is 3.60. The summed E-state index contributed by atoms with van der Waals surface area (Å²) < 4.78 is 0. The summed E-state index contributed by atoms with van der Waals surface area (Å²) in [4.78, 5) is 7.15. The Hall–Kier alpha value is -1.54. The molecule has 1 unspecified atom stereocenters. The molecule has 1 rings (SSSR count). The molecule has 0 bridgehead atoms. The topological polar surface area (TPSA) is 61.7 Å². The van der Waals surface area contributed by atoms with Crippen LogP contribution in [0.1, 0.15) is 38.8 Å². The van der Waals surface area contributed by atoms with Crippen molar-refractivity contribution in [3.63, 3.8) is 0 Å². The zero-order chi connectivity index (χ0) is 11.3. The molecule has 0 amide bonds. The fourth-order valence-corrected chi connectivity index (χ4v) is 1.68. The van der Waals surface area contributed by atoms with E-state index in [0.717, 1.165) is 12.1 Å². The number of nitrogens with zero attached hydrogens (tertiary/aromatic N) is 4. The van der Waals surface area contributed by atoms with Gasteiger partial charge in [-0.1, -0.05) is 32.0 Å². The van der Waals surface area contributed by atoms with Crippen LogP contribution in [0.3, 0.4) is 0 Å². The van der Waals surface area contributed by atoms with Crippen LogP contribution in [0.5, 0.6) is 0 Å². The summed E-state index contributed by atoms with van der Waals surface area (Å²) in [5.74, 6) is 0.298. The molecule has 80 valence electrons. The van der Waals surface area contributed by atoms with Crippen molar-refractivity contribution in [2.75, 3.05) is 0 Å². The highest BCUT2D eigenvalue weighted by Crippen LogP contribution is 2.26. The summed E-state index contributed by atoms with van der Waals surface area (Å²) in [7, 11) is 0. The Morgan fingerprint density at radius 1 is 1.53 bits per heavy atom. The summed E-state index contributed by atoms with van der Waals surface area (Å²) in [6.45, 7) is 5.97. The van der Waals surface area contributed by atoms with Gasteiger partial charge in [0.2, 0.25) is 0 Å². The van der Waals surface area contributed by atoms with Crippen LogP contribution < -0.4 is 0 Å². The maximum absolute atomic E-state index is 8.43. The van der Waals surface area contributed by atoms with E-state index in [1.165, 1.54) is 0 Å². The largest absolute Gasteiger partial charge is 0.261 e. The highest BCUT2D eigenvalue weighted by molar-refractivity contribution is 5.09. The van der Waals surface area contributed by atoms with Gasteiger partial charge in [-0.05, 0) is 30.0 Å². The lowest BCUT2D eigenvalue weighted by Gasteiger charge is -2.22. The van der Waals surface area contributed by atoms with Gasteiger partial charge in [0.15, 0.2) is 0 Å². The van der Waals surface area contributed by atoms with Crippen LogP contribution in [0.2, 0.25) is 0 Å². The average molecular weight is 204 g/mol. The van der Waals surface area contributed by atoms with Crippen molar-refractivity contribution in [1.29, 1.82) is 0 Å². The molecule has 0 N–H and O–H groups in total. The van der Waals surface area contributed by atoms with Gasteiger partial charge in [0.05, 0.1) is 0 Å². The molecule has 1 heterocycles. The van der Waals surface area contributed by atoms with Gasteiger partial charge in [-0.25, -0.2) is 0 Å². The van der Waals surface area contributed by atoms with Gasteiger partial charge < -0.3 is 0 Å². The average Bonchev–Trinajstić information content (AvgIpc) is 2.18. The number of hydrogen-bond acceptors (Lipinski definition) is 2. The predicted octanol–water partition coefficient (Wildman–Crippen LogP) is 3.66. The Morgan fingerprint density at radius 3 is 2.80 bits per heavy atom. The Labute approximate surface area is 90.0 Å². The van der Waals surface area contributed by atoms with E-state index >= 15 is 0 Å². The minimum atomic E-state index is -0.355. The molecular weight excluding hydrogens is 188 g/mol. The van der Waals surface area contributed by atoms with Crippen LogP contribution in [0.4, 0.5) is 0 Å². The van der Waals surface area contributed by atoms with Gasteiger partial charge >= 0.3 is 0 Å². The lowest BCUT2D eigenvalue weighted by Crippen LogP contribution is -2.19. The summed E-state index contributed by atoms with van der Waals surface area (Å²) >= 11 is 0. The first-order chi connectivity index (χ1) is 7.05. The molecule has 0 aliphatic carbocycles. The third-order valence-electron chi connectivity index (χ3n) is 2.31. The smallest absolute Gasteiger partial charge is 0.0438 e. The van der Waals surface area contributed by atoms with Crippen molar-refractivity contribution in [3.05, 3.63) is 40.5 Å². The molecule has 15 heavy (non-hydrogen) atoms. The Kier molecular flexibility index (Phi) is 3.69. The molecule has 0 saturated carbocycles. The van der Waals surface area contributed by atoms with E-state index < -0.39 is 0 Å². The lowest BCUT2D eigenvalue weighted by molar-refractivity contribution is 0.432. The minimum absolute atomic E-state index is 0.298. The van der Waals surface area contributed by atoms with Gasteiger partial charge in [-0.2, -0.15) is 0 Å². The normalized spacial score (nSPS) is 13.0. The highest BCUT2D eigenvalue weighted by Gasteiger charge is 2.20. The van der Waals surface area contributed by atoms with E-state index in [0.29, 0.717) is 5.92 Å². The molecule has 4 nitrogen and oxygen atoms in total. The highest BCUT2D eigenvalue weighted by atomic mass is 15.2. The second-order valence-corrected chi connectivity index (χ2v) is 4.36. The molecular formula is C11H16N4. The molecule has 0 fully saturated rings. The Bertz CT molecular complexity index is 352. The van der Waals surface area contributed by atoms with Crippen molar-refractivity contribution in [3.8, 4) is 0 Å². The quantitative estimate of drug-likeness (QED) is 0.419. The number of azide groups is 1. The van der Waals surface area contributed by atoms with Crippen molar-refractivity contribution in [2.24, 2.45) is 5.11 Å². The molecule has 0 aliphatic rings. The number of aromatic nitrogens is 1. The first-order valence-corrected chi connectivity index (χ1v) is 5.02. The third-order valence-corrected chi connectivity index (χ3v) is 2.31. The van der Waals surface area contributed by atoms with Crippen LogP contribution in [-0.4, -0.2) is 10.5 Å². The lowest BCUT2D eigenvalue weighted by atomic mass is 9.90. The predicted molar refractivity (Wildman–Crippen MR) is 60.5 cm³/mol. The molecule has 4 heteroatoms. The Balaban J connectivity index is 2.71. The second kappa shape index (κ2) is 4.80. The summed E-state index contributed by atoms with van der Waals surface area (Å²) in [6.07, 6.45) is 2.58. The van der Waals surface area contributed by atoms with Crippen molar-refractivity contribution in [1.82, 2.24) is 4.98 Å². The zero-order valence-corrected chi connectivity index (χ0v) is 9.38. The first kappa shape index (κ1) is 11.5. The van der Waals surface area contributed by atoms with E-state index in [1.807, 2.05) is 32.0 Å². The first-order valence-electron chi connectivity index (χ1n) is 5.02. The fraction of sp³-hybridized carbons (Fsp3) is 0.545.